The summed E-state index contributed by atoms with van der Waals surface area (Å²) in [6, 6.07) is 4.45. The summed E-state index contributed by atoms with van der Waals surface area (Å²) in [6.45, 7) is 5.19. The molecule has 0 aliphatic rings. The van der Waals surface area contributed by atoms with Gasteiger partial charge in [0.05, 0.1) is 0 Å². The van der Waals surface area contributed by atoms with E-state index in [9.17, 15) is 14.4 Å². The van der Waals surface area contributed by atoms with Gasteiger partial charge in [0, 0.05) is 10.6 Å². The predicted molar refractivity (Wildman–Crippen MR) is 87.4 cm³/mol. The first kappa shape index (κ1) is 19.0. The Morgan fingerprint density at radius 1 is 1.09 bits per heavy atom. The Labute approximate surface area is 140 Å². The lowest BCUT2D eigenvalue weighted by atomic mass is 10.0. The van der Waals surface area contributed by atoms with E-state index in [0.29, 0.717) is 17.0 Å². The molecule has 0 spiro atoms. The zero-order valence-electron chi connectivity index (χ0n) is 13.3. The molecule has 7 heteroatoms. The SMILES string of the molecule is CC(C)CC(NC(=O)c1ccc(Cl)cc1)C(=O)NC(C)C(=O)O. The Bertz CT molecular complexity index is 572. The van der Waals surface area contributed by atoms with Gasteiger partial charge in [0.25, 0.3) is 5.91 Å². The molecule has 0 bridgehead atoms. The van der Waals surface area contributed by atoms with Crippen LogP contribution in [-0.4, -0.2) is 35.0 Å². The van der Waals surface area contributed by atoms with E-state index in [1.54, 1.807) is 24.3 Å². The zero-order valence-corrected chi connectivity index (χ0v) is 14.1. The van der Waals surface area contributed by atoms with E-state index < -0.39 is 29.9 Å². The molecule has 3 N–H and O–H groups in total. The fraction of sp³-hybridized carbons (Fsp3) is 0.438. The molecule has 1 rings (SSSR count). The number of aliphatic carboxylic acids is 1. The van der Waals surface area contributed by atoms with Gasteiger partial charge in [-0.3, -0.25) is 14.4 Å². The van der Waals surface area contributed by atoms with E-state index in [0.717, 1.165) is 0 Å². The quantitative estimate of drug-likeness (QED) is 0.708. The highest BCUT2D eigenvalue weighted by Gasteiger charge is 2.25. The van der Waals surface area contributed by atoms with Crippen molar-refractivity contribution in [2.24, 2.45) is 5.92 Å². The van der Waals surface area contributed by atoms with Crippen molar-refractivity contribution >= 4 is 29.4 Å². The number of nitrogens with one attached hydrogen (secondary N) is 2. The van der Waals surface area contributed by atoms with Crippen LogP contribution in [0.15, 0.2) is 24.3 Å². The maximum absolute atomic E-state index is 12.2. The summed E-state index contributed by atoms with van der Waals surface area (Å²) in [5, 5.41) is 14.4. The summed E-state index contributed by atoms with van der Waals surface area (Å²) in [5.41, 5.74) is 0.377. The molecule has 0 saturated heterocycles. The maximum Gasteiger partial charge on any atom is 0.325 e. The molecule has 0 saturated carbocycles. The van der Waals surface area contributed by atoms with Crippen LogP contribution < -0.4 is 10.6 Å². The Hall–Kier alpha value is -2.08. The van der Waals surface area contributed by atoms with Crippen molar-refractivity contribution < 1.29 is 19.5 Å². The number of benzene rings is 1. The molecule has 0 radical (unpaired) electrons. The van der Waals surface area contributed by atoms with Crippen LogP contribution in [0.3, 0.4) is 0 Å². The third-order valence-electron chi connectivity index (χ3n) is 3.16. The van der Waals surface area contributed by atoms with E-state index in [2.05, 4.69) is 10.6 Å². The monoisotopic (exact) mass is 340 g/mol. The average molecular weight is 341 g/mol. The molecule has 2 unspecified atom stereocenters. The number of hydrogen-bond donors (Lipinski definition) is 3. The zero-order chi connectivity index (χ0) is 17.6. The third kappa shape index (κ3) is 6.28. The van der Waals surface area contributed by atoms with E-state index in [4.69, 9.17) is 16.7 Å². The van der Waals surface area contributed by atoms with Gasteiger partial charge in [-0.25, -0.2) is 0 Å². The van der Waals surface area contributed by atoms with Crippen molar-refractivity contribution in [1.29, 1.82) is 0 Å². The van der Waals surface area contributed by atoms with Crippen molar-refractivity contribution in [2.75, 3.05) is 0 Å². The number of carboxylic acids is 1. The Balaban J connectivity index is 2.81. The average Bonchev–Trinajstić information content (AvgIpc) is 2.46. The molecular formula is C16H21ClN2O4. The van der Waals surface area contributed by atoms with Gasteiger partial charge in [0.15, 0.2) is 0 Å². The Morgan fingerprint density at radius 3 is 2.13 bits per heavy atom. The first-order valence-corrected chi connectivity index (χ1v) is 7.68. The lowest BCUT2D eigenvalue weighted by molar-refractivity contribution is -0.141. The molecule has 0 aromatic heterocycles. The van der Waals surface area contributed by atoms with Crippen molar-refractivity contribution in [1.82, 2.24) is 10.6 Å². The van der Waals surface area contributed by atoms with E-state index in [1.807, 2.05) is 13.8 Å². The number of rotatable bonds is 7. The molecule has 0 aliphatic carbocycles. The maximum atomic E-state index is 12.2. The van der Waals surface area contributed by atoms with Crippen LogP contribution >= 0.6 is 11.6 Å². The largest absolute Gasteiger partial charge is 0.480 e. The van der Waals surface area contributed by atoms with Gasteiger partial charge in [-0.05, 0) is 43.5 Å². The normalized spacial score (nSPS) is 13.3. The second-order valence-corrected chi connectivity index (χ2v) is 6.17. The summed E-state index contributed by atoms with van der Waals surface area (Å²) in [7, 11) is 0. The molecule has 0 aliphatic heterocycles. The number of halogens is 1. The van der Waals surface area contributed by atoms with Crippen molar-refractivity contribution in [3.63, 3.8) is 0 Å². The first-order valence-electron chi connectivity index (χ1n) is 7.30. The fourth-order valence-electron chi connectivity index (χ4n) is 1.92. The predicted octanol–water partition coefficient (Wildman–Crippen LogP) is 2.07. The summed E-state index contributed by atoms with van der Waals surface area (Å²) < 4.78 is 0. The van der Waals surface area contributed by atoms with Crippen molar-refractivity contribution in [3.05, 3.63) is 34.9 Å². The van der Waals surface area contributed by atoms with Crippen LogP contribution in [-0.2, 0) is 9.59 Å². The minimum absolute atomic E-state index is 0.149. The number of carbonyl (C=O) groups is 3. The van der Waals surface area contributed by atoms with Crippen LogP contribution in [0.1, 0.15) is 37.6 Å². The summed E-state index contributed by atoms with van der Waals surface area (Å²) in [5.74, 6) is -1.91. The molecule has 0 heterocycles. The lowest BCUT2D eigenvalue weighted by Gasteiger charge is -2.21. The molecule has 1 aromatic rings. The highest BCUT2D eigenvalue weighted by atomic mass is 35.5. The molecule has 1 aromatic carbocycles. The van der Waals surface area contributed by atoms with Crippen molar-refractivity contribution in [3.8, 4) is 0 Å². The number of amides is 2. The lowest BCUT2D eigenvalue weighted by Crippen LogP contribution is -2.51. The van der Waals surface area contributed by atoms with Gasteiger partial charge in [-0.1, -0.05) is 25.4 Å². The highest BCUT2D eigenvalue weighted by molar-refractivity contribution is 6.30. The van der Waals surface area contributed by atoms with Gasteiger partial charge < -0.3 is 15.7 Å². The molecule has 23 heavy (non-hydrogen) atoms. The molecule has 6 nitrogen and oxygen atoms in total. The number of carboxylic acid groups (broad SMARTS) is 1. The fourth-order valence-corrected chi connectivity index (χ4v) is 2.05. The van der Waals surface area contributed by atoms with Crippen LogP contribution in [0.25, 0.3) is 0 Å². The van der Waals surface area contributed by atoms with Gasteiger partial charge in [0.2, 0.25) is 5.91 Å². The summed E-state index contributed by atoms with van der Waals surface area (Å²) in [6.07, 6.45) is 0.400. The third-order valence-corrected chi connectivity index (χ3v) is 3.42. The van der Waals surface area contributed by atoms with Crippen molar-refractivity contribution in [2.45, 2.75) is 39.3 Å². The second-order valence-electron chi connectivity index (χ2n) is 5.73. The standard InChI is InChI=1S/C16H21ClN2O4/c1-9(2)8-13(15(21)18-10(3)16(22)23)19-14(20)11-4-6-12(17)7-5-11/h4-7,9-10,13H,8H2,1-3H3,(H,18,21)(H,19,20)(H,22,23). The van der Waals surface area contributed by atoms with E-state index in [1.165, 1.54) is 6.92 Å². The number of hydrogen-bond acceptors (Lipinski definition) is 3. The molecule has 2 amide bonds. The van der Waals surface area contributed by atoms with Crippen LogP contribution in [0.4, 0.5) is 0 Å². The topological polar surface area (TPSA) is 95.5 Å². The van der Waals surface area contributed by atoms with Gasteiger partial charge in [0.1, 0.15) is 12.1 Å². The first-order chi connectivity index (χ1) is 10.7. The van der Waals surface area contributed by atoms with Crippen LogP contribution in [0.5, 0.6) is 0 Å². The second kappa shape index (κ2) is 8.53. The molecular weight excluding hydrogens is 320 g/mol. The van der Waals surface area contributed by atoms with E-state index >= 15 is 0 Å². The minimum atomic E-state index is -1.13. The summed E-state index contributed by atoms with van der Waals surface area (Å²) >= 11 is 5.78. The summed E-state index contributed by atoms with van der Waals surface area (Å²) in [4.78, 5) is 35.3. The number of carbonyl (C=O) groups excluding carboxylic acids is 2. The minimum Gasteiger partial charge on any atom is -0.480 e. The molecule has 0 fully saturated rings. The smallest absolute Gasteiger partial charge is 0.325 e. The van der Waals surface area contributed by atoms with Gasteiger partial charge in [-0.15, -0.1) is 0 Å². The Morgan fingerprint density at radius 2 is 1.65 bits per heavy atom. The van der Waals surface area contributed by atoms with Gasteiger partial charge in [-0.2, -0.15) is 0 Å². The van der Waals surface area contributed by atoms with Gasteiger partial charge >= 0.3 is 5.97 Å². The Kier molecular flexibility index (Phi) is 7.03. The van der Waals surface area contributed by atoms with Crippen LogP contribution in [0, 0.1) is 5.92 Å². The van der Waals surface area contributed by atoms with Crippen LogP contribution in [0.2, 0.25) is 5.02 Å². The van der Waals surface area contributed by atoms with E-state index in [-0.39, 0.29) is 5.92 Å². The highest BCUT2D eigenvalue weighted by Crippen LogP contribution is 2.11. The molecule has 126 valence electrons. The molecule has 2 atom stereocenters.